The molecular formula is C16H17N3O2. The first-order chi connectivity index (χ1) is 10.1. The number of hydrogen-bond donors (Lipinski definition) is 1. The van der Waals surface area contributed by atoms with Crippen LogP contribution < -0.4 is 5.73 Å². The third kappa shape index (κ3) is 3.71. The Bertz CT molecular complexity index is 695. The fourth-order valence-electron chi connectivity index (χ4n) is 1.88. The number of rotatable bonds is 3. The van der Waals surface area contributed by atoms with Crippen molar-refractivity contribution in [2.75, 3.05) is 13.6 Å². The van der Waals surface area contributed by atoms with Crippen molar-refractivity contribution in [1.29, 1.82) is 0 Å². The Balaban J connectivity index is 2.19. The standard InChI is InChI=1S/C16H17N3O2/c1-12-7-8-14(21-12)11-19(2)16(20)15-13(5-3-9-17)6-4-10-18-15/h4,6-8,10H,9,11,17H2,1-2H3. The van der Waals surface area contributed by atoms with E-state index in [4.69, 9.17) is 10.2 Å². The van der Waals surface area contributed by atoms with Crippen LogP contribution in [0.2, 0.25) is 0 Å². The number of nitrogens with two attached hydrogens (primary N) is 1. The summed E-state index contributed by atoms with van der Waals surface area (Å²) >= 11 is 0. The summed E-state index contributed by atoms with van der Waals surface area (Å²) in [6, 6.07) is 7.22. The van der Waals surface area contributed by atoms with Gasteiger partial charge in [0.15, 0.2) is 0 Å². The number of hydrogen-bond acceptors (Lipinski definition) is 4. The van der Waals surface area contributed by atoms with E-state index in [1.165, 1.54) is 0 Å². The molecule has 0 aliphatic carbocycles. The smallest absolute Gasteiger partial charge is 0.273 e. The maximum absolute atomic E-state index is 12.5. The van der Waals surface area contributed by atoms with Gasteiger partial charge in [-0.2, -0.15) is 0 Å². The topological polar surface area (TPSA) is 72.4 Å². The van der Waals surface area contributed by atoms with Gasteiger partial charge < -0.3 is 15.1 Å². The molecule has 2 aromatic rings. The highest BCUT2D eigenvalue weighted by Crippen LogP contribution is 2.12. The highest BCUT2D eigenvalue weighted by Gasteiger charge is 2.17. The molecule has 0 spiro atoms. The lowest BCUT2D eigenvalue weighted by atomic mass is 10.1. The second-order valence-electron chi connectivity index (χ2n) is 4.58. The Kier molecular flexibility index (Phi) is 4.75. The van der Waals surface area contributed by atoms with Gasteiger partial charge in [0.2, 0.25) is 0 Å². The van der Waals surface area contributed by atoms with Gasteiger partial charge in [-0.05, 0) is 31.2 Å². The lowest BCUT2D eigenvalue weighted by Gasteiger charge is -2.15. The molecule has 1 amide bonds. The summed E-state index contributed by atoms with van der Waals surface area (Å²) in [6.07, 6.45) is 1.58. The van der Waals surface area contributed by atoms with E-state index in [1.54, 1.807) is 30.3 Å². The van der Waals surface area contributed by atoms with E-state index in [1.807, 2.05) is 19.1 Å². The van der Waals surface area contributed by atoms with Gasteiger partial charge in [0.1, 0.15) is 17.2 Å². The van der Waals surface area contributed by atoms with Gasteiger partial charge in [-0.15, -0.1) is 0 Å². The molecule has 2 aromatic heterocycles. The largest absolute Gasteiger partial charge is 0.464 e. The van der Waals surface area contributed by atoms with Crippen LogP contribution in [0.15, 0.2) is 34.9 Å². The number of carbonyl (C=O) groups is 1. The molecule has 0 saturated carbocycles. The van der Waals surface area contributed by atoms with Gasteiger partial charge in [0.05, 0.1) is 18.7 Å². The first-order valence-corrected chi connectivity index (χ1v) is 6.56. The Hall–Kier alpha value is -2.58. The van der Waals surface area contributed by atoms with Gasteiger partial charge in [-0.25, -0.2) is 4.98 Å². The van der Waals surface area contributed by atoms with E-state index in [0.29, 0.717) is 17.8 Å². The second kappa shape index (κ2) is 6.73. The number of furan rings is 1. The van der Waals surface area contributed by atoms with Crippen LogP contribution in [0, 0.1) is 18.8 Å². The zero-order chi connectivity index (χ0) is 15.2. The summed E-state index contributed by atoms with van der Waals surface area (Å²) in [7, 11) is 1.70. The quantitative estimate of drug-likeness (QED) is 0.868. The molecule has 0 aromatic carbocycles. The predicted octanol–water partition coefficient (Wildman–Crippen LogP) is 1.57. The zero-order valence-electron chi connectivity index (χ0n) is 12.1. The Morgan fingerprint density at radius 3 is 2.90 bits per heavy atom. The van der Waals surface area contributed by atoms with Crippen LogP contribution >= 0.6 is 0 Å². The molecule has 0 unspecified atom stereocenters. The maximum atomic E-state index is 12.5. The number of aryl methyl sites for hydroxylation is 1. The molecule has 0 saturated heterocycles. The van der Waals surface area contributed by atoms with Gasteiger partial charge in [0, 0.05) is 13.2 Å². The van der Waals surface area contributed by atoms with Gasteiger partial charge in [0.25, 0.3) is 5.91 Å². The van der Waals surface area contributed by atoms with Crippen molar-refractivity contribution in [3.63, 3.8) is 0 Å². The van der Waals surface area contributed by atoms with Crippen LogP contribution in [0.3, 0.4) is 0 Å². The fourth-order valence-corrected chi connectivity index (χ4v) is 1.88. The molecule has 0 aliphatic heterocycles. The highest BCUT2D eigenvalue weighted by molar-refractivity contribution is 5.94. The number of pyridine rings is 1. The Morgan fingerprint density at radius 1 is 1.43 bits per heavy atom. The van der Waals surface area contributed by atoms with E-state index in [-0.39, 0.29) is 12.5 Å². The second-order valence-corrected chi connectivity index (χ2v) is 4.58. The maximum Gasteiger partial charge on any atom is 0.273 e. The van der Waals surface area contributed by atoms with Crippen LogP contribution in [0.4, 0.5) is 0 Å². The van der Waals surface area contributed by atoms with E-state index < -0.39 is 0 Å². The molecule has 0 fully saturated rings. The van der Waals surface area contributed by atoms with Gasteiger partial charge in [-0.1, -0.05) is 11.8 Å². The number of amides is 1. The van der Waals surface area contributed by atoms with E-state index >= 15 is 0 Å². The summed E-state index contributed by atoms with van der Waals surface area (Å²) in [5.74, 6) is 6.95. The summed E-state index contributed by atoms with van der Waals surface area (Å²) in [5.41, 5.74) is 6.27. The SMILES string of the molecule is Cc1ccc(CN(C)C(=O)c2ncccc2C#CCN)o1. The Labute approximate surface area is 123 Å². The van der Waals surface area contributed by atoms with Crippen molar-refractivity contribution in [2.24, 2.45) is 5.73 Å². The van der Waals surface area contributed by atoms with Crippen molar-refractivity contribution >= 4 is 5.91 Å². The predicted molar refractivity (Wildman–Crippen MR) is 79.4 cm³/mol. The lowest BCUT2D eigenvalue weighted by molar-refractivity contribution is 0.0769. The molecule has 108 valence electrons. The molecule has 0 radical (unpaired) electrons. The molecule has 5 heteroatoms. The van der Waals surface area contributed by atoms with Crippen molar-refractivity contribution < 1.29 is 9.21 Å². The molecule has 2 N–H and O–H groups in total. The summed E-state index contributed by atoms with van der Waals surface area (Å²) in [6.45, 7) is 2.49. The summed E-state index contributed by atoms with van der Waals surface area (Å²) < 4.78 is 5.48. The summed E-state index contributed by atoms with van der Waals surface area (Å²) in [5, 5.41) is 0. The first-order valence-electron chi connectivity index (χ1n) is 6.56. The van der Waals surface area contributed by atoms with Crippen LogP contribution in [0.5, 0.6) is 0 Å². The fraction of sp³-hybridized carbons (Fsp3) is 0.250. The average Bonchev–Trinajstić information content (AvgIpc) is 2.89. The average molecular weight is 283 g/mol. The van der Waals surface area contributed by atoms with Crippen LogP contribution in [0.25, 0.3) is 0 Å². The minimum Gasteiger partial charge on any atom is -0.464 e. The summed E-state index contributed by atoms with van der Waals surface area (Å²) in [4.78, 5) is 18.1. The highest BCUT2D eigenvalue weighted by atomic mass is 16.3. The van der Waals surface area contributed by atoms with Crippen LogP contribution in [-0.4, -0.2) is 29.4 Å². The minimum absolute atomic E-state index is 0.203. The first kappa shape index (κ1) is 14.8. The van der Waals surface area contributed by atoms with Crippen LogP contribution in [-0.2, 0) is 6.54 Å². The van der Waals surface area contributed by atoms with E-state index in [0.717, 1.165) is 11.5 Å². The molecule has 0 aliphatic rings. The van der Waals surface area contributed by atoms with Crippen molar-refractivity contribution in [3.05, 3.63) is 53.2 Å². The molecule has 0 bridgehead atoms. The molecule has 5 nitrogen and oxygen atoms in total. The van der Waals surface area contributed by atoms with E-state index in [2.05, 4.69) is 16.8 Å². The molecule has 0 atom stereocenters. The normalized spacial score (nSPS) is 9.86. The van der Waals surface area contributed by atoms with Crippen LogP contribution in [0.1, 0.15) is 27.6 Å². The third-order valence-corrected chi connectivity index (χ3v) is 2.87. The van der Waals surface area contributed by atoms with Crippen molar-refractivity contribution in [1.82, 2.24) is 9.88 Å². The lowest BCUT2D eigenvalue weighted by Crippen LogP contribution is -2.27. The number of aromatic nitrogens is 1. The van der Waals surface area contributed by atoms with Gasteiger partial charge in [-0.3, -0.25) is 4.79 Å². The van der Waals surface area contributed by atoms with E-state index in [9.17, 15) is 4.79 Å². The van der Waals surface area contributed by atoms with Crippen molar-refractivity contribution in [2.45, 2.75) is 13.5 Å². The monoisotopic (exact) mass is 283 g/mol. The van der Waals surface area contributed by atoms with Gasteiger partial charge >= 0.3 is 0 Å². The van der Waals surface area contributed by atoms with Crippen molar-refractivity contribution in [3.8, 4) is 11.8 Å². The molecule has 2 rings (SSSR count). The Morgan fingerprint density at radius 2 is 2.24 bits per heavy atom. The molecule has 21 heavy (non-hydrogen) atoms. The molecular weight excluding hydrogens is 266 g/mol. The number of nitrogens with zero attached hydrogens (tertiary/aromatic N) is 2. The third-order valence-electron chi connectivity index (χ3n) is 2.87. The number of carbonyl (C=O) groups excluding carboxylic acids is 1. The molecule has 2 heterocycles. The zero-order valence-corrected chi connectivity index (χ0v) is 12.1. The minimum atomic E-state index is -0.203.